The molecule has 2 rings (SSSR count). The Labute approximate surface area is 100 Å². The molecule has 0 spiro atoms. The number of alkyl halides is 1. The van der Waals surface area contributed by atoms with Crippen LogP contribution in [0.5, 0.6) is 0 Å². The lowest BCUT2D eigenvalue weighted by molar-refractivity contribution is -0.116. The predicted octanol–water partition coefficient (Wildman–Crippen LogP) is 3.21. The molecule has 0 aliphatic carbocycles. The number of anilines is 1. The first-order chi connectivity index (χ1) is 7.79. The van der Waals surface area contributed by atoms with Crippen molar-refractivity contribution < 1.29 is 4.79 Å². The van der Waals surface area contributed by atoms with Crippen LogP contribution in [0.25, 0.3) is 6.08 Å². The number of rotatable bonds is 3. The van der Waals surface area contributed by atoms with Gasteiger partial charge in [-0.1, -0.05) is 18.2 Å². The number of hydrogen-bond donors (Lipinski definition) is 1. The lowest BCUT2D eigenvalue weighted by Gasteiger charge is -2.16. The number of amides is 1. The number of halogens is 1. The van der Waals surface area contributed by atoms with E-state index in [-0.39, 0.29) is 5.91 Å². The van der Waals surface area contributed by atoms with E-state index in [0.717, 1.165) is 18.5 Å². The minimum Gasteiger partial charge on any atom is -0.326 e. The fourth-order valence-electron chi connectivity index (χ4n) is 1.79. The average molecular weight is 236 g/mol. The number of aryl methyl sites for hydroxylation is 1. The average Bonchev–Trinajstić information content (AvgIpc) is 2.29. The van der Waals surface area contributed by atoms with Crippen LogP contribution in [-0.4, -0.2) is 11.8 Å². The molecule has 1 aromatic carbocycles. The van der Waals surface area contributed by atoms with Crippen LogP contribution >= 0.6 is 11.6 Å². The molecule has 1 aliphatic heterocycles. The van der Waals surface area contributed by atoms with Gasteiger partial charge in [-0.3, -0.25) is 4.79 Å². The van der Waals surface area contributed by atoms with Gasteiger partial charge in [-0.25, -0.2) is 0 Å². The molecule has 0 fully saturated rings. The third-order valence-electron chi connectivity index (χ3n) is 2.61. The summed E-state index contributed by atoms with van der Waals surface area (Å²) in [5, 5.41) is 2.87. The fourth-order valence-corrected chi connectivity index (χ4v) is 1.92. The third-order valence-corrected chi connectivity index (χ3v) is 2.83. The van der Waals surface area contributed by atoms with Gasteiger partial charge in [-0.05, 0) is 36.1 Å². The van der Waals surface area contributed by atoms with Crippen molar-refractivity contribution in [2.75, 3.05) is 11.2 Å². The summed E-state index contributed by atoms with van der Waals surface area (Å²) >= 11 is 5.60. The summed E-state index contributed by atoms with van der Waals surface area (Å²) < 4.78 is 0. The quantitative estimate of drug-likeness (QED) is 0.801. The largest absolute Gasteiger partial charge is 0.326 e. The van der Waals surface area contributed by atoms with E-state index in [2.05, 4.69) is 23.5 Å². The van der Waals surface area contributed by atoms with Gasteiger partial charge >= 0.3 is 0 Å². The Morgan fingerprint density at radius 3 is 3.06 bits per heavy atom. The van der Waals surface area contributed by atoms with E-state index in [9.17, 15) is 4.79 Å². The standard InChI is InChI=1S/C13H14ClNO/c14-8-2-1-3-10-4-6-12-11(9-10)5-7-13(16)15-12/h1,3-4,6,9H,2,5,7-8H2,(H,15,16). The highest BCUT2D eigenvalue weighted by molar-refractivity contribution is 6.17. The van der Waals surface area contributed by atoms with Gasteiger partial charge in [0.05, 0.1) is 0 Å². The minimum atomic E-state index is 0.109. The second-order valence-corrected chi connectivity index (χ2v) is 4.22. The highest BCUT2D eigenvalue weighted by atomic mass is 35.5. The maximum Gasteiger partial charge on any atom is 0.224 e. The molecule has 1 aliphatic rings. The van der Waals surface area contributed by atoms with E-state index in [0.29, 0.717) is 12.3 Å². The van der Waals surface area contributed by atoms with Crippen molar-refractivity contribution in [2.24, 2.45) is 0 Å². The predicted molar refractivity (Wildman–Crippen MR) is 67.8 cm³/mol. The molecule has 0 saturated heterocycles. The maximum absolute atomic E-state index is 11.2. The molecule has 1 aromatic rings. The lowest BCUT2D eigenvalue weighted by atomic mass is 10.0. The Morgan fingerprint density at radius 1 is 1.38 bits per heavy atom. The van der Waals surface area contributed by atoms with E-state index in [1.165, 1.54) is 11.1 Å². The van der Waals surface area contributed by atoms with Crippen molar-refractivity contribution in [1.82, 2.24) is 0 Å². The number of nitrogens with one attached hydrogen (secondary N) is 1. The van der Waals surface area contributed by atoms with Crippen molar-refractivity contribution in [3.8, 4) is 0 Å². The van der Waals surface area contributed by atoms with Crippen LogP contribution in [0, 0.1) is 0 Å². The van der Waals surface area contributed by atoms with Crippen molar-refractivity contribution in [3.63, 3.8) is 0 Å². The first-order valence-electron chi connectivity index (χ1n) is 5.45. The van der Waals surface area contributed by atoms with Gasteiger partial charge in [0, 0.05) is 18.0 Å². The number of carbonyl (C=O) groups excluding carboxylic acids is 1. The number of carbonyl (C=O) groups is 1. The molecule has 0 unspecified atom stereocenters. The molecule has 0 atom stereocenters. The number of benzene rings is 1. The summed E-state index contributed by atoms with van der Waals surface area (Å²) in [5.41, 5.74) is 3.33. The Kier molecular flexibility index (Phi) is 3.62. The Hall–Kier alpha value is -1.28. The van der Waals surface area contributed by atoms with Gasteiger partial charge in [0.15, 0.2) is 0 Å². The van der Waals surface area contributed by atoms with E-state index < -0.39 is 0 Å². The molecule has 1 heterocycles. The summed E-state index contributed by atoms with van der Waals surface area (Å²) in [5.74, 6) is 0.759. The first kappa shape index (κ1) is 11.2. The van der Waals surface area contributed by atoms with Crippen LogP contribution in [-0.2, 0) is 11.2 Å². The normalized spacial score (nSPS) is 14.9. The van der Waals surface area contributed by atoms with Crippen LogP contribution < -0.4 is 5.32 Å². The van der Waals surface area contributed by atoms with Gasteiger partial charge in [-0.15, -0.1) is 11.6 Å². The Bertz CT molecular complexity index is 426. The monoisotopic (exact) mass is 235 g/mol. The zero-order chi connectivity index (χ0) is 11.4. The van der Waals surface area contributed by atoms with Crippen LogP contribution in [0.1, 0.15) is 24.0 Å². The van der Waals surface area contributed by atoms with E-state index in [1.807, 2.05) is 12.1 Å². The number of allylic oxidation sites excluding steroid dienone is 1. The molecule has 16 heavy (non-hydrogen) atoms. The zero-order valence-electron chi connectivity index (χ0n) is 9.00. The SMILES string of the molecule is O=C1CCc2cc(C=CCCCl)ccc2N1. The van der Waals surface area contributed by atoms with Gasteiger partial charge in [0.2, 0.25) is 5.91 Å². The van der Waals surface area contributed by atoms with E-state index in [1.54, 1.807) is 0 Å². The van der Waals surface area contributed by atoms with Gasteiger partial charge in [0.1, 0.15) is 0 Å². The fraction of sp³-hybridized carbons (Fsp3) is 0.308. The zero-order valence-corrected chi connectivity index (χ0v) is 9.76. The molecule has 0 aromatic heterocycles. The molecule has 3 heteroatoms. The third kappa shape index (κ3) is 2.64. The van der Waals surface area contributed by atoms with Crippen molar-refractivity contribution >= 4 is 29.3 Å². The number of fused-ring (bicyclic) bond motifs is 1. The molecule has 0 saturated carbocycles. The van der Waals surface area contributed by atoms with Gasteiger partial charge in [0.25, 0.3) is 0 Å². The lowest BCUT2D eigenvalue weighted by Crippen LogP contribution is -2.18. The maximum atomic E-state index is 11.2. The van der Waals surface area contributed by atoms with Crippen molar-refractivity contribution in [1.29, 1.82) is 0 Å². The van der Waals surface area contributed by atoms with E-state index in [4.69, 9.17) is 11.6 Å². The number of hydrogen-bond acceptors (Lipinski definition) is 1. The molecule has 84 valence electrons. The summed E-state index contributed by atoms with van der Waals surface area (Å²) in [6.07, 6.45) is 6.44. The molecule has 0 bridgehead atoms. The Morgan fingerprint density at radius 2 is 2.25 bits per heavy atom. The topological polar surface area (TPSA) is 29.1 Å². The second-order valence-electron chi connectivity index (χ2n) is 3.84. The van der Waals surface area contributed by atoms with Crippen LogP contribution in [0.3, 0.4) is 0 Å². The Balaban J connectivity index is 2.16. The highest BCUT2D eigenvalue weighted by Gasteiger charge is 2.13. The first-order valence-corrected chi connectivity index (χ1v) is 5.98. The molecular formula is C13H14ClNO. The van der Waals surface area contributed by atoms with Gasteiger partial charge < -0.3 is 5.32 Å². The van der Waals surface area contributed by atoms with Crippen LogP contribution in [0.4, 0.5) is 5.69 Å². The van der Waals surface area contributed by atoms with Crippen LogP contribution in [0.15, 0.2) is 24.3 Å². The summed E-state index contributed by atoms with van der Waals surface area (Å²) in [6.45, 7) is 0. The van der Waals surface area contributed by atoms with Crippen molar-refractivity contribution in [3.05, 3.63) is 35.4 Å². The minimum absolute atomic E-state index is 0.109. The van der Waals surface area contributed by atoms with E-state index >= 15 is 0 Å². The highest BCUT2D eigenvalue weighted by Crippen LogP contribution is 2.24. The summed E-state index contributed by atoms with van der Waals surface area (Å²) in [6, 6.07) is 6.10. The molecule has 1 N–H and O–H groups in total. The molecular weight excluding hydrogens is 222 g/mol. The summed E-state index contributed by atoms with van der Waals surface area (Å²) in [7, 11) is 0. The smallest absolute Gasteiger partial charge is 0.224 e. The van der Waals surface area contributed by atoms with Crippen LogP contribution in [0.2, 0.25) is 0 Å². The van der Waals surface area contributed by atoms with Crippen molar-refractivity contribution in [2.45, 2.75) is 19.3 Å². The summed E-state index contributed by atoms with van der Waals surface area (Å²) in [4.78, 5) is 11.2. The van der Waals surface area contributed by atoms with Gasteiger partial charge in [-0.2, -0.15) is 0 Å². The molecule has 2 nitrogen and oxygen atoms in total. The molecule has 0 radical (unpaired) electrons. The molecule has 1 amide bonds. The second kappa shape index (κ2) is 5.17.